The minimum atomic E-state index is -1.76. The Kier molecular flexibility index (Phi) is 27.0. The molecule has 0 bridgehead atoms. The summed E-state index contributed by atoms with van der Waals surface area (Å²) in [5.41, 5.74) is 12.0. The van der Waals surface area contributed by atoms with Gasteiger partial charge in [0, 0.05) is 25.8 Å². The quantitative estimate of drug-likeness (QED) is 0.0325. The van der Waals surface area contributed by atoms with Crippen molar-refractivity contribution in [2.75, 3.05) is 25.1 Å². The molecule has 29 nitrogen and oxygen atoms in total. The normalized spacial score (nSPS) is 17.3. The van der Waals surface area contributed by atoms with Gasteiger partial charge in [-0.2, -0.15) is 11.8 Å². The van der Waals surface area contributed by atoms with Gasteiger partial charge in [0.1, 0.15) is 66.2 Å². The number of phenols is 1. The Morgan fingerprint density at radius 1 is 0.635 bits per heavy atom. The van der Waals surface area contributed by atoms with Crippen LogP contribution in [0.1, 0.15) is 90.2 Å². The van der Waals surface area contributed by atoms with Crippen molar-refractivity contribution in [2.45, 2.75) is 152 Å². The molecular weight excluding hydrogens is 1130 g/mol. The first kappa shape index (κ1) is 68.7. The molecule has 2 aromatic carbocycles. The molecule has 0 saturated carbocycles. The van der Waals surface area contributed by atoms with E-state index in [-0.39, 0.29) is 75.5 Å². The molecule has 2 heterocycles. The maximum Gasteiger partial charge on any atom is 0.305 e. The predicted octanol–water partition coefficient (Wildman–Crippen LogP) is -3.88. The number of phenolic OH excluding ortho intramolecular Hbond substituents is 1. The third kappa shape index (κ3) is 22.7. The molecule has 0 aliphatic carbocycles. The molecule has 4 rings (SSSR count). The third-order valence-corrected chi connectivity index (χ3v) is 14.3. The number of carbonyl (C=O) groups is 14. The highest BCUT2D eigenvalue weighted by Gasteiger charge is 2.41. The summed E-state index contributed by atoms with van der Waals surface area (Å²) in [6.07, 6.45) is 0.584. The zero-order chi connectivity index (χ0) is 63.1. The minimum absolute atomic E-state index is 0.00880. The second-order valence-corrected chi connectivity index (χ2v) is 22.1. The fourth-order valence-electron chi connectivity index (χ4n) is 9.16. The first-order valence-corrected chi connectivity index (χ1v) is 28.9. The Morgan fingerprint density at radius 2 is 1.20 bits per heavy atom. The highest BCUT2D eigenvalue weighted by molar-refractivity contribution is 7.98. The predicted molar refractivity (Wildman–Crippen MR) is 305 cm³/mol. The molecule has 0 radical (unpaired) electrons. The van der Waals surface area contributed by atoms with Crippen molar-refractivity contribution >= 4 is 94.5 Å². The van der Waals surface area contributed by atoms with Gasteiger partial charge < -0.3 is 79.7 Å². The number of rotatable bonds is 33. The fourth-order valence-corrected chi connectivity index (χ4v) is 9.63. The monoisotopic (exact) mass is 1210 g/mol. The van der Waals surface area contributed by atoms with E-state index >= 15 is 0 Å². The number of carboxylic acids is 1. The third-order valence-electron chi connectivity index (χ3n) is 13.7. The Balaban J connectivity index is 1.48. The van der Waals surface area contributed by atoms with Crippen LogP contribution in [0.5, 0.6) is 5.75 Å². The first-order chi connectivity index (χ1) is 40.1. The van der Waals surface area contributed by atoms with Gasteiger partial charge in [0.05, 0.1) is 19.4 Å². The molecule has 2 saturated heterocycles. The van der Waals surface area contributed by atoms with Crippen LogP contribution in [0.15, 0.2) is 54.6 Å². The average molecular weight is 1210 g/mol. The number of aliphatic carboxylic acids is 1. The number of nitrogens with one attached hydrogen (secondary N) is 10. The Labute approximate surface area is 494 Å². The summed E-state index contributed by atoms with van der Waals surface area (Å²) in [6, 6.07) is 0.449. The van der Waals surface area contributed by atoms with E-state index in [0.29, 0.717) is 16.9 Å². The molecule has 2 aromatic rings. The number of carbonyl (C=O) groups excluding carboxylic acids is 13. The lowest BCUT2D eigenvalue weighted by Gasteiger charge is -2.30. The van der Waals surface area contributed by atoms with Gasteiger partial charge in [-0.25, -0.2) is 0 Å². The number of primary amides is 2. The van der Waals surface area contributed by atoms with Crippen molar-refractivity contribution in [2.24, 2.45) is 17.4 Å². The molecule has 10 unspecified atom stereocenters. The van der Waals surface area contributed by atoms with Crippen molar-refractivity contribution in [3.05, 3.63) is 65.7 Å². The van der Waals surface area contributed by atoms with Gasteiger partial charge in [-0.15, -0.1) is 0 Å². The Hall–Kier alpha value is -8.83. The summed E-state index contributed by atoms with van der Waals surface area (Å²) >= 11 is 1.44. The minimum Gasteiger partial charge on any atom is -0.508 e. The van der Waals surface area contributed by atoms with Crippen LogP contribution < -0.4 is 64.6 Å². The number of likely N-dealkylation sites (tertiary alicyclic amines) is 1. The standard InChI is InChI=1S/C55H77N13O16S/c1-28(2)22-36(52(81)63-34(46(57)75)19-21-85-5)62-44(72)27-58-49(78)37(24-32-13-15-33(69)16-14-32)65-53(82)38(23-31-10-7-6-8-11-31)64-47(76)29(3)60-51(80)39(25-42(56)70)66-54(83)41-12-9-20-68(41)55(84)40(26-45(73)74)67-48(77)30(4)59-50(79)35-17-18-43(71)61-35/h6-8,10-11,13-16,28-30,34-41,69H,9,12,17-27H2,1-5H3,(H2,56,70)(H2,57,75)(H,58,78)(H,59,79)(H,60,80)(H,61,71)(H,62,72)(H,63,81)(H,64,76)(H,65,82)(H,66,83)(H,67,77)(H,73,74). The number of amides is 13. The molecule has 13 amide bonds. The van der Waals surface area contributed by atoms with Crippen LogP contribution in [0.3, 0.4) is 0 Å². The number of thioether (sulfide) groups is 1. The summed E-state index contributed by atoms with van der Waals surface area (Å²) in [5.74, 6) is -12.3. The largest absolute Gasteiger partial charge is 0.508 e. The van der Waals surface area contributed by atoms with E-state index in [9.17, 15) is 77.3 Å². The van der Waals surface area contributed by atoms with Gasteiger partial charge >= 0.3 is 5.97 Å². The van der Waals surface area contributed by atoms with Gasteiger partial charge in [-0.05, 0) is 87.1 Å². The van der Waals surface area contributed by atoms with Crippen LogP contribution in [-0.4, -0.2) is 183 Å². The maximum atomic E-state index is 14.4. The number of benzene rings is 2. The van der Waals surface area contributed by atoms with Crippen molar-refractivity contribution in [1.82, 2.24) is 58.1 Å². The first-order valence-electron chi connectivity index (χ1n) is 27.6. The van der Waals surface area contributed by atoms with Crippen LogP contribution in [0, 0.1) is 5.92 Å². The lowest BCUT2D eigenvalue weighted by atomic mass is 10.0. The topological polar surface area (TPSA) is 455 Å². The molecule has 464 valence electrons. The van der Waals surface area contributed by atoms with E-state index < -0.39 is 157 Å². The zero-order valence-corrected chi connectivity index (χ0v) is 48.7. The van der Waals surface area contributed by atoms with Gasteiger partial charge in [0.2, 0.25) is 76.8 Å². The van der Waals surface area contributed by atoms with Crippen LogP contribution in [0.25, 0.3) is 0 Å². The van der Waals surface area contributed by atoms with Crippen LogP contribution in [0.2, 0.25) is 0 Å². The Morgan fingerprint density at radius 3 is 1.78 bits per heavy atom. The molecule has 2 fully saturated rings. The smallest absolute Gasteiger partial charge is 0.305 e. The number of nitrogens with zero attached hydrogens (tertiary/aromatic N) is 1. The fraction of sp³-hybridized carbons (Fsp3) is 0.527. The van der Waals surface area contributed by atoms with Gasteiger partial charge in [0.25, 0.3) is 0 Å². The summed E-state index contributed by atoms with van der Waals surface area (Å²) in [6.45, 7) is 5.35. The SMILES string of the molecule is CSCCC(NC(=O)C(CC(C)C)NC(=O)CNC(=O)C(Cc1ccc(O)cc1)NC(=O)C(Cc1ccccc1)NC(=O)C(C)NC(=O)C(CC(N)=O)NC(=O)C1CCCN1C(=O)C(CC(=O)O)NC(=O)C(C)NC(=O)C1CCC(=O)N1)C(N)=O. The van der Waals surface area contributed by atoms with Crippen LogP contribution in [0.4, 0.5) is 0 Å². The van der Waals surface area contributed by atoms with E-state index in [1.807, 2.05) is 20.1 Å². The Bertz CT molecular complexity index is 2770. The molecular formula is C55H77N13O16S. The number of carboxylic acid groups (broad SMARTS) is 1. The highest BCUT2D eigenvalue weighted by Crippen LogP contribution is 2.21. The molecule has 85 heavy (non-hydrogen) atoms. The molecule has 0 aromatic heterocycles. The number of hydrogen-bond acceptors (Lipinski definition) is 16. The molecule has 30 heteroatoms. The average Bonchev–Trinajstić information content (AvgIpc) is 4.16. The summed E-state index contributed by atoms with van der Waals surface area (Å²) < 4.78 is 0. The number of aromatic hydroxyl groups is 1. The zero-order valence-electron chi connectivity index (χ0n) is 47.9. The van der Waals surface area contributed by atoms with E-state index in [1.165, 1.54) is 49.9 Å². The molecule has 16 N–H and O–H groups in total. The molecule has 2 aliphatic rings. The van der Waals surface area contributed by atoms with Gasteiger partial charge in [-0.3, -0.25) is 67.1 Å². The lowest BCUT2D eigenvalue weighted by molar-refractivity contribution is -0.146. The van der Waals surface area contributed by atoms with Gasteiger partial charge in [-0.1, -0.05) is 56.3 Å². The van der Waals surface area contributed by atoms with E-state index in [4.69, 9.17) is 11.5 Å². The van der Waals surface area contributed by atoms with E-state index in [2.05, 4.69) is 53.2 Å². The van der Waals surface area contributed by atoms with E-state index in [1.54, 1.807) is 30.3 Å². The highest BCUT2D eigenvalue weighted by atomic mass is 32.2. The molecule has 10 atom stereocenters. The van der Waals surface area contributed by atoms with Crippen LogP contribution in [-0.2, 0) is 80.0 Å². The van der Waals surface area contributed by atoms with Crippen LogP contribution >= 0.6 is 11.8 Å². The number of hydrogen-bond donors (Lipinski definition) is 14. The van der Waals surface area contributed by atoms with Crippen molar-refractivity contribution in [1.29, 1.82) is 0 Å². The van der Waals surface area contributed by atoms with E-state index in [0.717, 1.165) is 4.90 Å². The lowest BCUT2D eigenvalue weighted by Crippen LogP contribution is -2.60. The van der Waals surface area contributed by atoms with Crippen molar-refractivity contribution in [3.8, 4) is 5.75 Å². The summed E-state index contributed by atoms with van der Waals surface area (Å²) in [7, 11) is 0. The molecule has 2 aliphatic heterocycles. The molecule has 0 spiro atoms. The second-order valence-electron chi connectivity index (χ2n) is 21.1. The summed E-state index contributed by atoms with van der Waals surface area (Å²) in [4.78, 5) is 185. The van der Waals surface area contributed by atoms with Gasteiger partial charge in [0.15, 0.2) is 0 Å². The van der Waals surface area contributed by atoms with Crippen molar-refractivity contribution < 1.29 is 77.3 Å². The maximum absolute atomic E-state index is 14.4. The number of nitrogens with two attached hydrogens (primary N) is 2. The van der Waals surface area contributed by atoms with Crippen molar-refractivity contribution in [3.63, 3.8) is 0 Å². The summed E-state index contributed by atoms with van der Waals surface area (Å²) in [5, 5.41) is 44.4. The second kappa shape index (κ2) is 33.5.